The minimum Gasteiger partial charge on any atom is -0.508 e. The van der Waals surface area contributed by atoms with E-state index in [0.29, 0.717) is 6.54 Å². The molecule has 1 aromatic carbocycles. The molecule has 0 aliphatic rings. The average molecular weight is 209 g/mol. The number of phenolic OH excluding ortho intramolecular Hbond substituents is 1. The molecule has 4 nitrogen and oxygen atoms in total. The van der Waals surface area contributed by atoms with Gasteiger partial charge in [0, 0.05) is 13.5 Å². The van der Waals surface area contributed by atoms with Gasteiger partial charge in [-0.3, -0.25) is 4.79 Å². The molecule has 0 aliphatic heterocycles. The van der Waals surface area contributed by atoms with E-state index in [2.05, 4.69) is 5.32 Å². The number of esters is 1. The molecule has 0 fully saturated rings. The molecule has 1 rings (SSSR count). The van der Waals surface area contributed by atoms with Gasteiger partial charge in [-0.2, -0.15) is 0 Å². The van der Waals surface area contributed by atoms with Crippen LogP contribution >= 0.6 is 0 Å². The van der Waals surface area contributed by atoms with Gasteiger partial charge in [0.25, 0.3) is 0 Å². The van der Waals surface area contributed by atoms with Crippen molar-refractivity contribution >= 4 is 5.97 Å². The van der Waals surface area contributed by atoms with Crippen molar-refractivity contribution in [2.24, 2.45) is 0 Å². The highest BCUT2D eigenvalue weighted by Crippen LogP contribution is 2.20. The first-order chi connectivity index (χ1) is 7.13. The Morgan fingerprint density at radius 3 is 2.87 bits per heavy atom. The van der Waals surface area contributed by atoms with Gasteiger partial charge < -0.3 is 15.2 Å². The molecule has 1 atom stereocenters. The third kappa shape index (κ3) is 3.59. The van der Waals surface area contributed by atoms with E-state index < -0.39 is 0 Å². The summed E-state index contributed by atoms with van der Waals surface area (Å²) in [6.45, 7) is 1.88. The molecule has 15 heavy (non-hydrogen) atoms. The molecule has 0 aromatic heterocycles. The molecular weight excluding hydrogens is 194 g/mol. The van der Waals surface area contributed by atoms with Crippen LogP contribution in [-0.2, 0) is 9.53 Å². The van der Waals surface area contributed by atoms with Crippen LogP contribution < -0.4 is 5.32 Å². The Kier molecular flexibility index (Phi) is 4.12. The smallest absolute Gasteiger partial charge is 0.303 e. The summed E-state index contributed by atoms with van der Waals surface area (Å²) in [5, 5.41) is 12.2. The molecule has 1 aromatic rings. The van der Waals surface area contributed by atoms with Crippen LogP contribution in [-0.4, -0.2) is 24.7 Å². The second-order valence-electron chi connectivity index (χ2n) is 3.25. The summed E-state index contributed by atoms with van der Waals surface area (Å²) >= 11 is 0. The van der Waals surface area contributed by atoms with E-state index in [0.717, 1.165) is 5.56 Å². The van der Waals surface area contributed by atoms with Crippen molar-refractivity contribution in [3.8, 4) is 5.75 Å². The standard InChI is InChI=1S/C11H15NO3/c1-8(13)15-11(7-12-2)9-4-3-5-10(14)6-9/h3-6,11-12,14H,7H2,1-2H3/t11-/m0/s1. The molecule has 0 aliphatic carbocycles. The van der Waals surface area contributed by atoms with Crippen LogP contribution in [0.1, 0.15) is 18.6 Å². The van der Waals surface area contributed by atoms with Crippen molar-refractivity contribution in [1.82, 2.24) is 5.32 Å². The lowest BCUT2D eigenvalue weighted by molar-refractivity contribution is -0.146. The van der Waals surface area contributed by atoms with Crippen molar-refractivity contribution < 1.29 is 14.6 Å². The third-order valence-corrected chi connectivity index (χ3v) is 1.94. The number of carbonyl (C=O) groups excluding carboxylic acids is 1. The molecule has 0 heterocycles. The Morgan fingerprint density at radius 2 is 2.33 bits per heavy atom. The number of aromatic hydroxyl groups is 1. The average Bonchev–Trinajstić information content (AvgIpc) is 2.16. The molecular formula is C11H15NO3. The van der Waals surface area contributed by atoms with Crippen molar-refractivity contribution in [3.63, 3.8) is 0 Å². The Morgan fingerprint density at radius 1 is 1.60 bits per heavy atom. The maximum atomic E-state index is 10.9. The zero-order valence-corrected chi connectivity index (χ0v) is 8.86. The van der Waals surface area contributed by atoms with E-state index >= 15 is 0 Å². The summed E-state index contributed by atoms with van der Waals surface area (Å²) in [6.07, 6.45) is -0.361. The Labute approximate surface area is 88.9 Å². The second-order valence-corrected chi connectivity index (χ2v) is 3.25. The fourth-order valence-electron chi connectivity index (χ4n) is 1.34. The molecule has 0 saturated heterocycles. The molecule has 0 bridgehead atoms. The van der Waals surface area contributed by atoms with Gasteiger partial charge >= 0.3 is 5.97 Å². The van der Waals surface area contributed by atoms with Crippen LogP contribution in [0.4, 0.5) is 0 Å². The molecule has 0 saturated carbocycles. The lowest BCUT2D eigenvalue weighted by atomic mass is 10.1. The minimum atomic E-state index is -0.361. The highest BCUT2D eigenvalue weighted by atomic mass is 16.5. The third-order valence-electron chi connectivity index (χ3n) is 1.94. The number of rotatable bonds is 4. The van der Waals surface area contributed by atoms with Crippen LogP contribution in [0.2, 0.25) is 0 Å². The maximum absolute atomic E-state index is 10.9. The number of likely N-dealkylation sites (N-methyl/N-ethyl adjacent to an activating group) is 1. The second kappa shape index (κ2) is 5.36. The first-order valence-electron chi connectivity index (χ1n) is 4.74. The molecule has 0 unspecified atom stereocenters. The summed E-state index contributed by atoms with van der Waals surface area (Å²) in [6, 6.07) is 6.69. The number of hydrogen-bond donors (Lipinski definition) is 2. The van der Waals surface area contributed by atoms with Crippen molar-refractivity contribution in [3.05, 3.63) is 29.8 Å². The van der Waals surface area contributed by atoms with Gasteiger partial charge in [0.15, 0.2) is 0 Å². The molecule has 0 spiro atoms. The molecule has 0 amide bonds. The fraction of sp³-hybridized carbons (Fsp3) is 0.364. The van der Waals surface area contributed by atoms with Crippen LogP contribution in [0, 0.1) is 0 Å². The molecule has 2 N–H and O–H groups in total. The van der Waals surface area contributed by atoms with Crippen molar-refractivity contribution in [1.29, 1.82) is 0 Å². The van der Waals surface area contributed by atoms with Crippen molar-refractivity contribution in [2.75, 3.05) is 13.6 Å². The van der Waals surface area contributed by atoms with E-state index in [-0.39, 0.29) is 17.8 Å². The first kappa shape index (κ1) is 11.5. The molecule has 0 radical (unpaired) electrons. The van der Waals surface area contributed by atoms with Crippen LogP contribution in [0.25, 0.3) is 0 Å². The first-order valence-corrected chi connectivity index (χ1v) is 4.74. The van der Waals surface area contributed by atoms with E-state index in [9.17, 15) is 9.90 Å². The zero-order chi connectivity index (χ0) is 11.3. The van der Waals surface area contributed by atoms with E-state index in [1.165, 1.54) is 6.92 Å². The maximum Gasteiger partial charge on any atom is 0.303 e. The number of nitrogens with one attached hydrogen (secondary N) is 1. The SMILES string of the molecule is CNC[C@H](OC(C)=O)c1cccc(O)c1. The number of hydrogen-bond acceptors (Lipinski definition) is 4. The van der Waals surface area contributed by atoms with Crippen LogP contribution in [0.5, 0.6) is 5.75 Å². The molecule has 82 valence electrons. The Balaban J connectivity index is 2.83. The van der Waals surface area contributed by atoms with Crippen LogP contribution in [0.15, 0.2) is 24.3 Å². The number of benzene rings is 1. The van der Waals surface area contributed by atoms with Gasteiger partial charge in [-0.15, -0.1) is 0 Å². The van der Waals surface area contributed by atoms with Gasteiger partial charge in [-0.05, 0) is 24.7 Å². The van der Waals surface area contributed by atoms with Gasteiger partial charge in [0.1, 0.15) is 11.9 Å². The summed E-state index contributed by atoms with van der Waals surface area (Å²) < 4.78 is 5.12. The summed E-state index contributed by atoms with van der Waals surface area (Å²) in [7, 11) is 1.78. The molecule has 4 heteroatoms. The number of phenols is 1. The lowest BCUT2D eigenvalue weighted by Gasteiger charge is -2.16. The predicted molar refractivity (Wildman–Crippen MR) is 56.5 cm³/mol. The number of ether oxygens (including phenoxy) is 1. The predicted octanol–water partition coefficient (Wildman–Crippen LogP) is 1.22. The summed E-state index contributed by atoms with van der Waals surface area (Å²) in [5.74, 6) is -0.167. The van der Waals surface area contributed by atoms with Crippen molar-refractivity contribution in [2.45, 2.75) is 13.0 Å². The van der Waals surface area contributed by atoms with Gasteiger partial charge in [-0.25, -0.2) is 0 Å². The van der Waals surface area contributed by atoms with Gasteiger partial charge in [0.05, 0.1) is 0 Å². The monoisotopic (exact) mass is 209 g/mol. The van der Waals surface area contributed by atoms with Gasteiger partial charge in [0.2, 0.25) is 0 Å². The Bertz CT molecular complexity index is 338. The van der Waals surface area contributed by atoms with E-state index in [4.69, 9.17) is 4.74 Å². The van der Waals surface area contributed by atoms with Gasteiger partial charge in [-0.1, -0.05) is 12.1 Å². The Hall–Kier alpha value is -1.55. The summed E-state index contributed by atoms with van der Waals surface area (Å²) in [4.78, 5) is 10.9. The lowest BCUT2D eigenvalue weighted by Crippen LogP contribution is -2.21. The summed E-state index contributed by atoms with van der Waals surface area (Å²) in [5.41, 5.74) is 0.777. The largest absolute Gasteiger partial charge is 0.508 e. The normalized spacial score (nSPS) is 12.1. The quantitative estimate of drug-likeness (QED) is 0.732. The van der Waals surface area contributed by atoms with Crippen LogP contribution in [0.3, 0.4) is 0 Å². The number of carbonyl (C=O) groups is 1. The topological polar surface area (TPSA) is 58.6 Å². The highest BCUT2D eigenvalue weighted by Gasteiger charge is 2.13. The van der Waals surface area contributed by atoms with E-state index in [1.54, 1.807) is 25.2 Å². The highest BCUT2D eigenvalue weighted by molar-refractivity contribution is 5.66. The fourth-order valence-corrected chi connectivity index (χ4v) is 1.34. The zero-order valence-electron chi connectivity index (χ0n) is 8.86. The minimum absolute atomic E-state index is 0.167. The van der Waals surface area contributed by atoms with E-state index in [1.807, 2.05) is 6.07 Å².